The van der Waals surface area contributed by atoms with Gasteiger partial charge in [-0.05, 0) is 75.6 Å². The molecule has 0 atom stereocenters. The number of para-hydroxylation sites is 2. The van der Waals surface area contributed by atoms with Crippen LogP contribution in [-0.4, -0.2) is 15.2 Å². The molecule has 2 spiro atoms. The standard InChI is InChI=1S/2C20H30N.C15H10.2ClH.Ru/c2*1-5-16-10-9-11-17(6-2)18(16)21-15-20(12-7-8-13-20)14-19(21,3)4;1-2-6-12(7-3-1)15-11-10-13-8-4-5-9-14(13)15;;;/h2*9-11,15H,5-8,12-14H2,1-4H3;1-9,11H;2*1H;/q2*-1;;;;+2/p-2. The molecule has 60 heavy (non-hydrogen) atoms. The topological polar surface area (TPSA) is 6.48 Å². The summed E-state index contributed by atoms with van der Waals surface area (Å²) in [6.45, 7) is 24.1. The summed E-state index contributed by atoms with van der Waals surface area (Å²) in [7, 11) is 12.4. The van der Waals surface area contributed by atoms with Crippen molar-refractivity contribution in [3.8, 4) is 0 Å². The Hall–Kier alpha value is -2.71. The maximum atomic E-state index is 6.19. The molecule has 324 valence electrons. The molecule has 4 aromatic rings. The Balaban J connectivity index is 0.000000137. The van der Waals surface area contributed by atoms with Gasteiger partial charge in [-0.3, -0.25) is 0 Å². The monoisotopic (exact) mass is 930 g/mol. The van der Waals surface area contributed by atoms with Gasteiger partial charge in [-0.2, -0.15) is 0 Å². The molecule has 5 heteroatoms. The third-order valence-corrected chi connectivity index (χ3v) is 17.4. The minimum atomic E-state index is -1.88. The van der Waals surface area contributed by atoms with Crippen molar-refractivity contribution in [1.82, 2.24) is 0 Å². The molecule has 4 aromatic carbocycles. The van der Waals surface area contributed by atoms with Gasteiger partial charge in [0.1, 0.15) is 0 Å². The van der Waals surface area contributed by atoms with E-state index in [1.807, 2.05) is 24.3 Å². The number of anilines is 2. The van der Waals surface area contributed by atoms with E-state index in [1.54, 1.807) is 0 Å². The summed E-state index contributed by atoms with van der Waals surface area (Å²) in [5.41, 5.74) is 15.4. The average molecular weight is 931 g/mol. The second-order valence-corrected chi connectivity index (χ2v) is 25.2. The van der Waals surface area contributed by atoms with Gasteiger partial charge in [-0.25, -0.2) is 13.1 Å². The summed E-state index contributed by atoms with van der Waals surface area (Å²) in [5, 5.41) is 0. The van der Waals surface area contributed by atoms with Gasteiger partial charge in [-0.15, -0.1) is 10.8 Å². The third kappa shape index (κ3) is 9.31. The number of hydrogen-bond donors (Lipinski definition) is 0. The van der Waals surface area contributed by atoms with Crippen LogP contribution < -0.4 is 9.80 Å². The first-order chi connectivity index (χ1) is 28.8. The van der Waals surface area contributed by atoms with E-state index < -0.39 is 13.5 Å². The van der Waals surface area contributed by atoms with Gasteiger partial charge in [0, 0.05) is 22.5 Å². The fourth-order valence-electron chi connectivity index (χ4n) is 11.6. The molecule has 2 aliphatic heterocycles. The number of aryl methyl sites for hydroxylation is 4. The normalized spacial score (nSPS) is 20.5. The van der Waals surface area contributed by atoms with Crippen LogP contribution in [-0.2, 0) is 39.2 Å². The Morgan fingerprint density at radius 3 is 1.28 bits per heavy atom. The quantitative estimate of drug-likeness (QED) is 0.135. The van der Waals surface area contributed by atoms with Gasteiger partial charge in [0.2, 0.25) is 0 Å². The fourth-order valence-corrected chi connectivity index (χ4v) is 14.1. The van der Waals surface area contributed by atoms with Crippen molar-refractivity contribution in [3.63, 3.8) is 0 Å². The van der Waals surface area contributed by atoms with Crippen LogP contribution in [0, 0.1) is 23.9 Å². The molecular weight excluding hydrogens is 861 g/mol. The average Bonchev–Trinajstić information content (AvgIpc) is 4.08. The van der Waals surface area contributed by atoms with E-state index in [1.165, 1.54) is 120 Å². The van der Waals surface area contributed by atoms with Crippen LogP contribution in [0.25, 0.3) is 5.57 Å². The Labute approximate surface area is 377 Å². The predicted octanol–water partition coefficient (Wildman–Crippen LogP) is 15.6. The third-order valence-electron chi connectivity index (χ3n) is 14.3. The van der Waals surface area contributed by atoms with E-state index in [9.17, 15) is 0 Å². The molecule has 4 fully saturated rings. The van der Waals surface area contributed by atoms with Gasteiger partial charge in [-0.1, -0.05) is 128 Å². The molecule has 9 rings (SSSR count). The van der Waals surface area contributed by atoms with Gasteiger partial charge in [0.15, 0.2) is 0 Å². The summed E-state index contributed by atoms with van der Waals surface area (Å²) in [6, 6.07) is 32.4. The number of rotatable bonds is 7. The molecule has 2 saturated heterocycles. The van der Waals surface area contributed by atoms with Crippen LogP contribution in [0.15, 0.2) is 97.1 Å². The first-order valence-corrected chi connectivity index (χ1v) is 28.4. The van der Waals surface area contributed by atoms with Gasteiger partial charge in [0.25, 0.3) is 0 Å². The van der Waals surface area contributed by atoms with Crippen molar-refractivity contribution in [3.05, 3.63) is 149 Å². The molecule has 0 amide bonds. The van der Waals surface area contributed by atoms with E-state index in [2.05, 4.69) is 151 Å². The first kappa shape index (κ1) is 45.3. The second kappa shape index (κ2) is 19.0. The summed E-state index contributed by atoms with van der Waals surface area (Å²) in [6.07, 6.45) is 20.5. The molecule has 0 aromatic heterocycles. The second-order valence-electron chi connectivity index (χ2n) is 19.4. The van der Waals surface area contributed by atoms with E-state index in [4.69, 9.17) is 19.4 Å². The molecule has 3 aliphatic carbocycles. The van der Waals surface area contributed by atoms with Crippen LogP contribution in [0.3, 0.4) is 0 Å². The first-order valence-electron chi connectivity index (χ1n) is 23.1. The van der Waals surface area contributed by atoms with Crippen LogP contribution in [0.1, 0.15) is 159 Å². The van der Waals surface area contributed by atoms with Crippen LogP contribution in [0.5, 0.6) is 0 Å². The molecule has 0 unspecified atom stereocenters. The number of hydrogen-bond acceptors (Lipinski definition) is 2. The molecule has 2 heterocycles. The van der Waals surface area contributed by atoms with Crippen molar-refractivity contribution < 1.29 is 13.5 Å². The van der Waals surface area contributed by atoms with Crippen LogP contribution in [0.4, 0.5) is 11.4 Å². The summed E-state index contributed by atoms with van der Waals surface area (Å²) >= 11 is -1.88. The van der Waals surface area contributed by atoms with Crippen LogP contribution in [0.2, 0.25) is 0 Å². The Morgan fingerprint density at radius 1 is 0.517 bits per heavy atom. The maximum absolute atomic E-state index is 6.19. The number of halogens is 2. The van der Waals surface area contributed by atoms with E-state index >= 15 is 0 Å². The fraction of sp³-hybridized carbons (Fsp3) is 0.473. The van der Waals surface area contributed by atoms with Crippen molar-refractivity contribution in [2.24, 2.45) is 10.8 Å². The molecule has 2 saturated carbocycles. The molecule has 0 radical (unpaired) electrons. The molecular formula is C55H70Cl2N2Ru-2. The van der Waals surface area contributed by atoms with E-state index in [0.29, 0.717) is 10.8 Å². The molecule has 0 bridgehead atoms. The molecule has 2 nitrogen and oxygen atoms in total. The van der Waals surface area contributed by atoms with Gasteiger partial charge < -0.3 is 9.80 Å². The number of nitrogens with zero attached hydrogens (tertiary/aromatic N) is 2. The number of benzene rings is 4. The van der Waals surface area contributed by atoms with Crippen molar-refractivity contribution in [2.75, 3.05) is 9.80 Å². The van der Waals surface area contributed by atoms with Crippen LogP contribution >= 0.6 is 19.4 Å². The minimum absolute atomic E-state index is 0.250. The van der Waals surface area contributed by atoms with Crippen molar-refractivity contribution >= 4 is 40.4 Å². The van der Waals surface area contributed by atoms with Gasteiger partial charge >= 0.3 is 120 Å². The summed E-state index contributed by atoms with van der Waals surface area (Å²) < 4.78 is 1.12. The van der Waals surface area contributed by atoms with Crippen molar-refractivity contribution in [1.29, 1.82) is 0 Å². The van der Waals surface area contributed by atoms with Gasteiger partial charge in [0.05, 0.1) is 0 Å². The number of allylic oxidation sites excluding steroid dienone is 1. The Kier molecular flexibility index (Phi) is 14.3. The number of fused-ring (bicyclic) bond motifs is 1. The zero-order chi connectivity index (χ0) is 42.7. The SMILES string of the molecule is CCc1cccc(CC)c1N1[CH-]C2(CCCC2)CC1(C)C.CCc1cccc(CC)c1N1[CH-]C2(CCCC2)CC1(C)C.[Cl][Ru]([Cl])=[C]1C=C(c2ccccc2)c2ccccc21. The van der Waals surface area contributed by atoms with E-state index in [0.717, 1.165) is 29.8 Å². The predicted molar refractivity (Wildman–Crippen MR) is 259 cm³/mol. The summed E-state index contributed by atoms with van der Waals surface area (Å²) in [4.78, 5) is 5.30. The zero-order valence-corrected chi connectivity index (χ0v) is 41.0. The van der Waals surface area contributed by atoms with Crippen molar-refractivity contribution in [2.45, 2.75) is 156 Å². The molecule has 0 N–H and O–H groups in total. The Morgan fingerprint density at radius 2 is 0.900 bits per heavy atom. The Bertz CT molecular complexity index is 2030. The van der Waals surface area contributed by atoms with E-state index in [-0.39, 0.29) is 11.1 Å². The zero-order valence-electron chi connectivity index (χ0n) is 37.8. The molecule has 5 aliphatic rings. The summed E-state index contributed by atoms with van der Waals surface area (Å²) in [5.74, 6) is 0.